The van der Waals surface area contributed by atoms with Crippen LogP contribution in [-0.4, -0.2) is 42.8 Å². The molecule has 2 nitrogen and oxygen atoms in total. The van der Waals surface area contributed by atoms with E-state index in [1.54, 1.807) is 4.90 Å². The summed E-state index contributed by atoms with van der Waals surface area (Å²) in [4.78, 5) is 1.59. The van der Waals surface area contributed by atoms with E-state index >= 15 is 0 Å². The fourth-order valence-electron chi connectivity index (χ4n) is 1.86. The SMILES string of the molecule is CCCNCC(C)N(CC(F)(F)F)C1CC1. The monoisotopic (exact) mass is 238 g/mol. The van der Waals surface area contributed by atoms with Gasteiger partial charge in [0.25, 0.3) is 0 Å². The minimum absolute atomic E-state index is 0.0410. The molecule has 0 heterocycles. The molecule has 0 radical (unpaired) electrons. The van der Waals surface area contributed by atoms with E-state index < -0.39 is 12.7 Å². The number of rotatable bonds is 7. The molecule has 1 unspecified atom stereocenters. The lowest BCUT2D eigenvalue weighted by atomic mass is 10.2. The lowest BCUT2D eigenvalue weighted by molar-refractivity contribution is -0.151. The van der Waals surface area contributed by atoms with Crippen LogP contribution in [0.15, 0.2) is 0 Å². The Balaban J connectivity index is 2.36. The molecule has 1 saturated carbocycles. The van der Waals surface area contributed by atoms with Gasteiger partial charge in [-0.25, -0.2) is 0 Å². The van der Waals surface area contributed by atoms with E-state index in [0.717, 1.165) is 25.8 Å². The van der Waals surface area contributed by atoms with E-state index in [9.17, 15) is 13.2 Å². The molecule has 5 heteroatoms. The van der Waals surface area contributed by atoms with Gasteiger partial charge in [-0.05, 0) is 32.7 Å². The van der Waals surface area contributed by atoms with Crippen LogP contribution in [0.3, 0.4) is 0 Å². The lowest BCUT2D eigenvalue weighted by Gasteiger charge is -2.30. The molecule has 1 fully saturated rings. The van der Waals surface area contributed by atoms with Crippen LogP contribution in [0.25, 0.3) is 0 Å². The predicted octanol–water partition coefficient (Wildman–Crippen LogP) is 2.40. The average molecular weight is 238 g/mol. The maximum absolute atomic E-state index is 12.4. The summed E-state index contributed by atoms with van der Waals surface area (Å²) in [6.07, 6.45) is -1.25. The summed E-state index contributed by atoms with van der Waals surface area (Å²) in [7, 11) is 0. The first-order chi connectivity index (χ1) is 7.44. The largest absolute Gasteiger partial charge is 0.401 e. The van der Waals surface area contributed by atoms with Gasteiger partial charge in [0, 0.05) is 18.6 Å². The average Bonchev–Trinajstić information content (AvgIpc) is 2.96. The van der Waals surface area contributed by atoms with Crippen LogP contribution >= 0.6 is 0 Å². The van der Waals surface area contributed by atoms with Crippen molar-refractivity contribution in [3.05, 3.63) is 0 Å². The van der Waals surface area contributed by atoms with Gasteiger partial charge in [-0.2, -0.15) is 13.2 Å². The number of hydrogen-bond donors (Lipinski definition) is 1. The topological polar surface area (TPSA) is 15.3 Å². The molecular weight excluding hydrogens is 217 g/mol. The zero-order valence-electron chi connectivity index (χ0n) is 9.98. The Morgan fingerprint density at radius 2 is 2.00 bits per heavy atom. The Morgan fingerprint density at radius 1 is 1.38 bits per heavy atom. The van der Waals surface area contributed by atoms with Gasteiger partial charge in [0.15, 0.2) is 0 Å². The van der Waals surface area contributed by atoms with Crippen LogP contribution in [0, 0.1) is 0 Å². The number of hydrogen-bond acceptors (Lipinski definition) is 2. The third-order valence-electron chi connectivity index (χ3n) is 2.81. The molecule has 96 valence electrons. The van der Waals surface area contributed by atoms with Crippen molar-refractivity contribution >= 4 is 0 Å². The van der Waals surface area contributed by atoms with Crippen molar-refractivity contribution in [1.29, 1.82) is 0 Å². The molecule has 1 atom stereocenters. The summed E-state index contributed by atoms with van der Waals surface area (Å²) in [5, 5.41) is 3.17. The summed E-state index contributed by atoms with van der Waals surface area (Å²) in [6.45, 7) is 4.65. The molecular formula is C11H21F3N2. The third-order valence-corrected chi connectivity index (χ3v) is 2.81. The molecule has 1 rings (SSSR count). The fraction of sp³-hybridized carbons (Fsp3) is 1.00. The van der Waals surface area contributed by atoms with E-state index in [2.05, 4.69) is 5.32 Å². The second-order valence-electron chi connectivity index (χ2n) is 4.57. The Morgan fingerprint density at radius 3 is 2.44 bits per heavy atom. The summed E-state index contributed by atoms with van der Waals surface area (Å²) < 4.78 is 37.1. The molecule has 0 saturated heterocycles. The van der Waals surface area contributed by atoms with E-state index in [4.69, 9.17) is 0 Å². The van der Waals surface area contributed by atoms with E-state index in [1.165, 1.54) is 0 Å². The van der Waals surface area contributed by atoms with Gasteiger partial charge < -0.3 is 5.32 Å². The zero-order valence-corrected chi connectivity index (χ0v) is 9.98. The van der Waals surface area contributed by atoms with Crippen molar-refractivity contribution in [3.63, 3.8) is 0 Å². The first-order valence-corrected chi connectivity index (χ1v) is 5.97. The second-order valence-corrected chi connectivity index (χ2v) is 4.57. The maximum Gasteiger partial charge on any atom is 0.401 e. The second kappa shape index (κ2) is 5.87. The van der Waals surface area contributed by atoms with Gasteiger partial charge in [0.2, 0.25) is 0 Å². The molecule has 0 aromatic carbocycles. The number of nitrogens with one attached hydrogen (secondary N) is 1. The van der Waals surface area contributed by atoms with Gasteiger partial charge in [0.1, 0.15) is 0 Å². The van der Waals surface area contributed by atoms with Crippen molar-refractivity contribution < 1.29 is 13.2 Å². The minimum Gasteiger partial charge on any atom is -0.315 e. The van der Waals surface area contributed by atoms with Gasteiger partial charge in [-0.1, -0.05) is 6.92 Å². The van der Waals surface area contributed by atoms with Crippen LogP contribution < -0.4 is 5.32 Å². The summed E-state index contributed by atoms with van der Waals surface area (Å²) >= 11 is 0. The first kappa shape index (κ1) is 13.8. The molecule has 0 spiro atoms. The Bertz CT molecular complexity index is 202. The van der Waals surface area contributed by atoms with Crippen LogP contribution in [0.1, 0.15) is 33.1 Å². The molecule has 1 aliphatic carbocycles. The third kappa shape index (κ3) is 5.16. The standard InChI is InChI=1S/C11H21F3N2/c1-3-6-15-7-9(2)16(10-4-5-10)8-11(12,13)14/h9-10,15H,3-8H2,1-2H3. The first-order valence-electron chi connectivity index (χ1n) is 5.97. The molecule has 16 heavy (non-hydrogen) atoms. The Hall–Kier alpha value is -0.290. The van der Waals surface area contributed by atoms with Gasteiger partial charge in [-0.15, -0.1) is 0 Å². The van der Waals surface area contributed by atoms with Gasteiger partial charge in [0.05, 0.1) is 6.54 Å². The molecule has 0 bridgehead atoms. The zero-order chi connectivity index (χ0) is 12.2. The van der Waals surface area contributed by atoms with Crippen LogP contribution in [0.5, 0.6) is 0 Å². The molecule has 0 aromatic rings. The van der Waals surface area contributed by atoms with E-state index in [1.807, 2.05) is 13.8 Å². The van der Waals surface area contributed by atoms with Crippen molar-refractivity contribution in [2.24, 2.45) is 0 Å². The normalized spacial score (nSPS) is 19.1. The molecule has 1 N–H and O–H groups in total. The number of alkyl halides is 3. The van der Waals surface area contributed by atoms with Gasteiger partial charge in [-0.3, -0.25) is 4.90 Å². The van der Waals surface area contributed by atoms with E-state index in [0.29, 0.717) is 6.54 Å². The van der Waals surface area contributed by atoms with Crippen molar-refractivity contribution in [3.8, 4) is 0 Å². The smallest absolute Gasteiger partial charge is 0.315 e. The predicted molar refractivity (Wildman–Crippen MR) is 58.4 cm³/mol. The molecule has 0 amide bonds. The highest BCUT2D eigenvalue weighted by Crippen LogP contribution is 2.31. The van der Waals surface area contributed by atoms with Crippen molar-refractivity contribution in [1.82, 2.24) is 10.2 Å². The maximum atomic E-state index is 12.4. The van der Waals surface area contributed by atoms with Crippen LogP contribution in [-0.2, 0) is 0 Å². The summed E-state index contributed by atoms with van der Waals surface area (Å²) in [5.41, 5.74) is 0. The van der Waals surface area contributed by atoms with Gasteiger partial charge >= 0.3 is 6.18 Å². The van der Waals surface area contributed by atoms with Crippen LogP contribution in [0.2, 0.25) is 0 Å². The molecule has 1 aliphatic rings. The summed E-state index contributed by atoms with van der Waals surface area (Å²) in [6, 6.07) is 0.112. The fourth-order valence-corrected chi connectivity index (χ4v) is 1.86. The highest BCUT2D eigenvalue weighted by molar-refractivity contribution is 4.89. The van der Waals surface area contributed by atoms with Crippen molar-refractivity contribution in [2.45, 2.75) is 51.4 Å². The lowest BCUT2D eigenvalue weighted by Crippen LogP contribution is -2.46. The Kier molecular flexibility index (Phi) is 5.05. The Labute approximate surface area is 95.2 Å². The molecule has 0 aliphatic heterocycles. The highest BCUT2D eigenvalue weighted by Gasteiger charge is 2.39. The number of nitrogens with zero attached hydrogens (tertiary/aromatic N) is 1. The minimum atomic E-state index is -4.08. The summed E-state index contributed by atoms with van der Waals surface area (Å²) in [5.74, 6) is 0. The van der Waals surface area contributed by atoms with Crippen molar-refractivity contribution in [2.75, 3.05) is 19.6 Å². The number of halogens is 3. The highest BCUT2D eigenvalue weighted by atomic mass is 19.4. The van der Waals surface area contributed by atoms with Crippen LogP contribution in [0.4, 0.5) is 13.2 Å². The van der Waals surface area contributed by atoms with E-state index in [-0.39, 0.29) is 12.1 Å². The molecule has 0 aromatic heterocycles. The quantitative estimate of drug-likeness (QED) is 0.685.